The lowest BCUT2D eigenvalue weighted by Gasteiger charge is -2.14. The second kappa shape index (κ2) is 9.83. The molecule has 0 fully saturated rings. The van der Waals surface area contributed by atoms with Crippen LogP contribution in [-0.2, 0) is 4.79 Å². The molecule has 0 saturated carbocycles. The highest BCUT2D eigenvalue weighted by Crippen LogP contribution is 2.38. The summed E-state index contributed by atoms with van der Waals surface area (Å²) < 4.78 is 20.6. The van der Waals surface area contributed by atoms with Crippen LogP contribution in [0.5, 0.6) is 23.0 Å². The first-order valence-corrected chi connectivity index (χ1v) is 8.25. The van der Waals surface area contributed by atoms with Crippen LogP contribution >= 0.6 is 0 Å². The number of benzene rings is 2. The van der Waals surface area contributed by atoms with Gasteiger partial charge in [-0.1, -0.05) is 6.07 Å². The molecule has 0 atom stereocenters. The Labute approximate surface area is 166 Å². The maximum Gasteiger partial charge on any atom is 0.341 e. The van der Waals surface area contributed by atoms with E-state index in [9.17, 15) is 14.4 Å². The molecule has 0 saturated heterocycles. The van der Waals surface area contributed by atoms with E-state index in [4.69, 9.17) is 24.1 Å². The highest BCUT2D eigenvalue weighted by atomic mass is 16.5. The van der Waals surface area contributed by atoms with Gasteiger partial charge in [0.05, 0.1) is 21.3 Å². The summed E-state index contributed by atoms with van der Waals surface area (Å²) >= 11 is 0. The number of amides is 2. The van der Waals surface area contributed by atoms with Gasteiger partial charge in [0.15, 0.2) is 18.1 Å². The first-order valence-electron chi connectivity index (χ1n) is 8.25. The van der Waals surface area contributed by atoms with Crippen LogP contribution in [0.25, 0.3) is 0 Å². The summed E-state index contributed by atoms with van der Waals surface area (Å²) in [7, 11) is 4.27. The van der Waals surface area contributed by atoms with Crippen molar-refractivity contribution in [2.24, 2.45) is 0 Å². The smallest absolute Gasteiger partial charge is 0.341 e. The predicted octanol–water partition coefficient (Wildman–Crippen LogP) is 1.25. The number of hydrogen-bond acceptors (Lipinski definition) is 7. The molecule has 2 amide bonds. The number of hydrogen-bond donors (Lipinski definition) is 3. The zero-order valence-electron chi connectivity index (χ0n) is 16.0. The number of ether oxygens (including phenoxy) is 4. The van der Waals surface area contributed by atoms with Crippen LogP contribution in [0.1, 0.15) is 20.7 Å². The van der Waals surface area contributed by atoms with Gasteiger partial charge < -0.3 is 24.1 Å². The second-order valence-electron chi connectivity index (χ2n) is 5.53. The summed E-state index contributed by atoms with van der Waals surface area (Å²) in [5.41, 5.74) is 4.88. The predicted molar refractivity (Wildman–Crippen MR) is 101 cm³/mol. The molecule has 0 bridgehead atoms. The minimum absolute atomic E-state index is 0.165. The number of carbonyl (C=O) groups is 3. The zero-order valence-corrected chi connectivity index (χ0v) is 16.0. The van der Waals surface area contributed by atoms with E-state index in [1.807, 2.05) is 0 Å². The van der Waals surface area contributed by atoms with Crippen molar-refractivity contribution in [3.8, 4) is 23.0 Å². The largest absolute Gasteiger partial charge is 0.493 e. The van der Waals surface area contributed by atoms with Crippen LogP contribution in [0.15, 0.2) is 36.4 Å². The highest BCUT2D eigenvalue weighted by molar-refractivity contribution is 5.99. The minimum Gasteiger partial charge on any atom is -0.493 e. The molecule has 2 aromatic rings. The molecule has 29 heavy (non-hydrogen) atoms. The summed E-state index contributed by atoms with van der Waals surface area (Å²) in [5, 5.41) is 8.64. The number of aliphatic carboxylic acids is 1. The van der Waals surface area contributed by atoms with Crippen molar-refractivity contribution in [3.05, 3.63) is 47.5 Å². The normalized spacial score (nSPS) is 9.90. The lowest BCUT2D eigenvalue weighted by atomic mass is 10.1. The van der Waals surface area contributed by atoms with Gasteiger partial charge in [-0.25, -0.2) is 4.79 Å². The highest BCUT2D eigenvalue weighted by Gasteiger charge is 2.17. The lowest BCUT2D eigenvalue weighted by Crippen LogP contribution is -2.41. The number of methoxy groups -OCH3 is 3. The molecular formula is C19H20N2O8. The van der Waals surface area contributed by atoms with Crippen LogP contribution in [0.3, 0.4) is 0 Å². The number of nitrogens with one attached hydrogen (secondary N) is 2. The zero-order chi connectivity index (χ0) is 21.4. The van der Waals surface area contributed by atoms with Gasteiger partial charge in [0, 0.05) is 11.1 Å². The van der Waals surface area contributed by atoms with E-state index < -0.39 is 24.4 Å². The van der Waals surface area contributed by atoms with Crippen LogP contribution in [-0.4, -0.2) is 50.8 Å². The minimum atomic E-state index is -1.14. The van der Waals surface area contributed by atoms with Gasteiger partial charge in [-0.15, -0.1) is 0 Å². The summed E-state index contributed by atoms with van der Waals surface area (Å²) in [6.45, 7) is -0.539. The number of carboxylic acids is 1. The Hall–Kier alpha value is -3.95. The van der Waals surface area contributed by atoms with E-state index in [0.717, 1.165) is 0 Å². The molecule has 0 heterocycles. The Bertz CT molecular complexity index is 888. The van der Waals surface area contributed by atoms with Crippen LogP contribution in [0, 0.1) is 0 Å². The maximum atomic E-state index is 12.4. The van der Waals surface area contributed by atoms with Crippen molar-refractivity contribution in [1.82, 2.24) is 10.9 Å². The third-order valence-corrected chi connectivity index (χ3v) is 3.68. The monoisotopic (exact) mass is 404 g/mol. The summed E-state index contributed by atoms with van der Waals surface area (Å²) in [4.78, 5) is 35.2. The van der Waals surface area contributed by atoms with Crippen LogP contribution in [0.4, 0.5) is 0 Å². The van der Waals surface area contributed by atoms with Crippen molar-refractivity contribution in [1.29, 1.82) is 0 Å². The Kier molecular flexibility index (Phi) is 7.24. The quantitative estimate of drug-likeness (QED) is 0.560. The number of carbonyl (C=O) groups excluding carboxylic acids is 2. The van der Waals surface area contributed by atoms with Gasteiger partial charge >= 0.3 is 5.97 Å². The summed E-state index contributed by atoms with van der Waals surface area (Å²) in [5.74, 6) is -1.28. The van der Waals surface area contributed by atoms with E-state index in [-0.39, 0.29) is 28.4 Å². The maximum absolute atomic E-state index is 12.4. The molecule has 2 rings (SSSR count). The number of carboxylic acid groups (broad SMARTS) is 1. The van der Waals surface area contributed by atoms with Gasteiger partial charge in [-0.3, -0.25) is 20.4 Å². The molecule has 0 spiro atoms. The third kappa shape index (κ3) is 5.51. The Balaban J connectivity index is 2.08. The average molecular weight is 404 g/mol. The molecule has 0 aliphatic heterocycles. The van der Waals surface area contributed by atoms with Crippen molar-refractivity contribution < 1.29 is 38.4 Å². The van der Waals surface area contributed by atoms with Gasteiger partial charge in [-0.2, -0.15) is 0 Å². The second-order valence-corrected chi connectivity index (χ2v) is 5.53. The molecule has 0 aromatic heterocycles. The average Bonchev–Trinajstić information content (AvgIpc) is 2.74. The molecule has 3 N–H and O–H groups in total. The SMILES string of the molecule is COc1cc(C(=O)NNC(=O)c2cccc(OCC(=O)O)c2)cc(OC)c1OC. The molecule has 154 valence electrons. The summed E-state index contributed by atoms with van der Waals surface area (Å²) in [6, 6.07) is 8.73. The van der Waals surface area contributed by atoms with E-state index in [1.54, 1.807) is 0 Å². The van der Waals surface area contributed by atoms with E-state index in [0.29, 0.717) is 5.75 Å². The molecule has 0 unspecified atom stereocenters. The van der Waals surface area contributed by atoms with Crippen molar-refractivity contribution in [2.75, 3.05) is 27.9 Å². The van der Waals surface area contributed by atoms with Crippen molar-refractivity contribution in [3.63, 3.8) is 0 Å². The van der Waals surface area contributed by atoms with Crippen LogP contribution in [0.2, 0.25) is 0 Å². The van der Waals surface area contributed by atoms with E-state index in [2.05, 4.69) is 10.9 Å². The van der Waals surface area contributed by atoms with Crippen LogP contribution < -0.4 is 29.8 Å². The first kappa shape index (κ1) is 21.4. The van der Waals surface area contributed by atoms with E-state index >= 15 is 0 Å². The van der Waals surface area contributed by atoms with Gasteiger partial charge in [0.2, 0.25) is 5.75 Å². The standard InChI is InChI=1S/C19H20N2O8/c1-26-14-8-12(9-15(27-2)17(14)28-3)19(25)21-20-18(24)11-5-4-6-13(7-11)29-10-16(22)23/h4-9H,10H2,1-3H3,(H,20,24)(H,21,25)(H,22,23). The summed E-state index contributed by atoms with van der Waals surface area (Å²) in [6.07, 6.45) is 0. The first-order chi connectivity index (χ1) is 13.9. The molecule has 0 aliphatic carbocycles. The Morgan fingerprint density at radius 3 is 1.97 bits per heavy atom. The topological polar surface area (TPSA) is 132 Å². The fraction of sp³-hybridized carbons (Fsp3) is 0.211. The third-order valence-electron chi connectivity index (χ3n) is 3.68. The molecule has 10 nitrogen and oxygen atoms in total. The fourth-order valence-electron chi connectivity index (χ4n) is 2.34. The molecule has 2 aromatic carbocycles. The number of hydrazine groups is 1. The van der Waals surface area contributed by atoms with Gasteiger partial charge in [0.25, 0.3) is 11.8 Å². The van der Waals surface area contributed by atoms with Crippen molar-refractivity contribution >= 4 is 17.8 Å². The molecule has 10 heteroatoms. The van der Waals surface area contributed by atoms with E-state index in [1.165, 1.54) is 57.7 Å². The fourth-order valence-corrected chi connectivity index (χ4v) is 2.34. The number of rotatable bonds is 8. The molecular weight excluding hydrogens is 384 g/mol. The molecule has 0 aliphatic rings. The molecule has 0 radical (unpaired) electrons. The Morgan fingerprint density at radius 1 is 0.862 bits per heavy atom. The van der Waals surface area contributed by atoms with Gasteiger partial charge in [-0.05, 0) is 30.3 Å². The lowest BCUT2D eigenvalue weighted by molar-refractivity contribution is -0.139. The Morgan fingerprint density at radius 2 is 1.45 bits per heavy atom. The van der Waals surface area contributed by atoms with Gasteiger partial charge in [0.1, 0.15) is 5.75 Å². The van der Waals surface area contributed by atoms with Crippen molar-refractivity contribution in [2.45, 2.75) is 0 Å².